The van der Waals surface area contributed by atoms with Crippen molar-refractivity contribution < 1.29 is 13.2 Å². The molecule has 0 saturated carbocycles. The summed E-state index contributed by atoms with van der Waals surface area (Å²) in [5, 5.41) is 0. The number of hydrogen-bond donors (Lipinski definition) is 1. The Labute approximate surface area is 128 Å². The predicted octanol–water partition coefficient (Wildman–Crippen LogP) is 1.17. The van der Waals surface area contributed by atoms with E-state index in [2.05, 4.69) is 15.9 Å². The zero-order valence-electron chi connectivity index (χ0n) is 11.5. The number of amides is 1. The zero-order valence-corrected chi connectivity index (χ0v) is 13.9. The van der Waals surface area contributed by atoms with Crippen molar-refractivity contribution in [1.82, 2.24) is 4.90 Å². The van der Waals surface area contributed by atoms with Gasteiger partial charge in [-0.05, 0) is 24.1 Å². The van der Waals surface area contributed by atoms with Crippen LogP contribution in [0, 0.1) is 0 Å². The molecule has 1 rings (SSSR count). The van der Waals surface area contributed by atoms with Crippen LogP contribution in [0.15, 0.2) is 28.7 Å². The Morgan fingerprint density at radius 1 is 1.35 bits per heavy atom. The minimum Gasteiger partial charge on any atom is -0.340 e. The van der Waals surface area contributed by atoms with Gasteiger partial charge in [-0.1, -0.05) is 28.1 Å². The molecule has 7 heteroatoms. The first-order valence-corrected chi connectivity index (χ1v) is 8.97. The number of nitrogens with zero attached hydrogens (tertiary/aromatic N) is 1. The van der Waals surface area contributed by atoms with Crippen molar-refractivity contribution in [3.63, 3.8) is 0 Å². The van der Waals surface area contributed by atoms with Crippen molar-refractivity contribution in [3.8, 4) is 0 Å². The number of hydrogen-bond acceptors (Lipinski definition) is 4. The monoisotopic (exact) mass is 362 g/mol. The normalized spacial score (nSPS) is 13.0. The highest BCUT2D eigenvalue weighted by molar-refractivity contribution is 9.10. The summed E-state index contributed by atoms with van der Waals surface area (Å²) >= 11 is 3.35. The van der Waals surface area contributed by atoms with Gasteiger partial charge in [-0.15, -0.1) is 0 Å². The molecule has 0 spiro atoms. The van der Waals surface area contributed by atoms with Crippen molar-refractivity contribution in [1.29, 1.82) is 0 Å². The maximum absolute atomic E-state index is 12.0. The summed E-state index contributed by atoms with van der Waals surface area (Å²) in [6.45, 7) is 0.443. The van der Waals surface area contributed by atoms with Crippen LogP contribution in [-0.4, -0.2) is 44.3 Å². The van der Waals surface area contributed by atoms with E-state index >= 15 is 0 Å². The molecule has 1 aromatic carbocycles. The van der Waals surface area contributed by atoms with E-state index in [-0.39, 0.29) is 18.1 Å². The van der Waals surface area contributed by atoms with Gasteiger partial charge in [0, 0.05) is 24.3 Å². The van der Waals surface area contributed by atoms with E-state index in [0.29, 0.717) is 6.54 Å². The number of nitrogens with two attached hydrogens (primary N) is 1. The van der Waals surface area contributed by atoms with Crippen molar-refractivity contribution in [2.45, 2.75) is 19.0 Å². The molecule has 112 valence electrons. The molecule has 1 unspecified atom stereocenters. The van der Waals surface area contributed by atoms with Gasteiger partial charge in [0.25, 0.3) is 0 Å². The zero-order chi connectivity index (χ0) is 15.3. The fraction of sp³-hybridized carbons (Fsp3) is 0.462. The van der Waals surface area contributed by atoms with Crippen LogP contribution >= 0.6 is 15.9 Å². The first kappa shape index (κ1) is 17.1. The molecule has 0 aliphatic rings. The molecule has 20 heavy (non-hydrogen) atoms. The van der Waals surface area contributed by atoms with E-state index in [9.17, 15) is 13.2 Å². The van der Waals surface area contributed by atoms with Crippen LogP contribution in [0.5, 0.6) is 0 Å². The number of rotatable bonds is 6. The number of carbonyl (C=O) groups is 1. The Morgan fingerprint density at radius 3 is 2.40 bits per heavy atom. The Balaban J connectivity index is 2.55. The molecule has 0 bridgehead atoms. The second-order valence-corrected chi connectivity index (χ2v) is 8.02. The van der Waals surface area contributed by atoms with Crippen LogP contribution in [0.4, 0.5) is 0 Å². The second-order valence-electron chi connectivity index (χ2n) is 4.85. The summed E-state index contributed by atoms with van der Waals surface area (Å²) in [6, 6.07) is 6.84. The Morgan fingerprint density at radius 2 is 1.90 bits per heavy atom. The van der Waals surface area contributed by atoms with Gasteiger partial charge in [0.15, 0.2) is 0 Å². The van der Waals surface area contributed by atoms with Crippen LogP contribution in [0.2, 0.25) is 0 Å². The number of carbonyl (C=O) groups excluding carboxylic acids is 1. The lowest BCUT2D eigenvalue weighted by Crippen LogP contribution is -2.42. The minimum absolute atomic E-state index is 0.0774. The first-order chi connectivity index (χ1) is 9.19. The molecule has 0 fully saturated rings. The van der Waals surface area contributed by atoms with Crippen LogP contribution in [-0.2, 0) is 21.2 Å². The molecule has 1 amide bonds. The van der Waals surface area contributed by atoms with Crippen LogP contribution in [0.3, 0.4) is 0 Å². The average Bonchev–Trinajstić information content (AvgIpc) is 2.36. The van der Waals surface area contributed by atoms with Crippen LogP contribution in [0.25, 0.3) is 0 Å². The van der Waals surface area contributed by atoms with E-state index in [4.69, 9.17) is 5.73 Å². The van der Waals surface area contributed by atoms with Crippen molar-refractivity contribution >= 4 is 31.7 Å². The quantitative estimate of drug-likeness (QED) is 0.823. The number of sulfone groups is 1. The molecule has 0 aliphatic heterocycles. The molecule has 2 N–H and O–H groups in total. The summed E-state index contributed by atoms with van der Waals surface area (Å²) in [4.78, 5) is 13.5. The van der Waals surface area contributed by atoms with E-state index in [1.165, 1.54) is 4.90 Å². The fourth-order valence-corrected chi connectivity index (χ4v) is 2.64. The Hall–Kier alpha value is -0.920. The molecule has 0 radical (unpaired) electrons. The number of benzene rings is 1. The third-order valence-corrected chi connectivity index (χ3v) is 4.33. The van der Waals surface area contributed by atoms with Gasteiger partial charge in [-0.2, -0.15) is 0 Å². The van der Waals surface area contributed by atoms with E-state index in [0.717, 1.165) is 16.3 Å². The third kappa shape index (κ3) is 6.02. The summed E-state index contributed by atoms with van der Waals surface area (Å²) in [5.41, 5.74) is 6.73. The maximum atomic E-state index is 12.0. The van der Waals surface area contributed by atoms with E-state index in [1.54, 1.807) is 7.05 Å². The SMILES string of the molecule is CN(Cc1ccc(Br)cc1)C(=O)C(N)CCS(C)(=O)=O. The highest BCUT2D eigenvalue weighted by Gasteiger charge is 2.19. The van der Waals surface area contributed by atoms with Crippen LogP contribution in [0.1, 0.15) is 12.0 Å². The summed E-state index contributed by atoms with van der Waals surface area (Å²) in [5.74, 6) is -0.331. The molecule has 1 atom stereocenters. The second kappa shape index (κ2) is 7.19. The van der Waals surface area contributed by atoms with Crippen molar-refractivity contribution in [2.75, 3.05) is 19.1 Å². The van der Waals surface area contributed by atoms with Gasteiger partial charge in [0.2, 0.25) is 5.91 Å². The lowest BCUT2D eigenvalue weighted by atomic mass is 10.2. The third-order valence-electron chi connectivity index (χ3n) is 2.83. The Bertz CT molecular complexity index is 557. The van der Waals surface area contributed by atoms with Gasteiger partial charge < -0.3 is 10.6 Å². The van der Waals surface area contributed by atoms with E-state index in [1.807, 2.05) is 24.3 Å². The minimum atomic E-state index is -3.10. The molecule has 0 aliphatic carbocycles. The smallest absolute Gasteiger partial charge is 0.239 e. The molecule has 1 aromatic rings. The largest absolute Gasteiger partial charge is 0.340 e. The lowest BCUT2D eigenvalue weighted by molar-refractivity contribution is -0.131. The van der Waals surface area contributed by atoms with Crippen molar-refractivity contribution in [2.24, 2.45) is 5.73 Å². The Kier molecular flexibility index (Phi) is 6.16. The van der Waals surface area contributed by atoms with E-state index < -0.39 is 15.9 Å². The lowest BCUT2D eigenvalue weighted by Gasteiger charge is -2.21. The molecular weight excluding hydrogens is 344 g/mol. The van der Waals surface area contributed by atoms with Crippen molar-refractivity contribution in [3.05, 3.63) is 34.3 Å². The highest BCUT2D eigenvalue weighted by Crippen LogP contribution is 2.12. The molecule has 5 nitrogen and oxygen atoms in total. The molecule has 0 saturated heterocycles. The van der Waals surface area contributed by atoms with Crippen LogP contribution < -0.4 is 5.73 Å². The van der Waals surface area contributed by atoms with Gasteiger partial charge in [0.1, 0.15) is 9.84 Å². The van der Waals surface area contributed by atoms with Gasteiger partial charge in [-0.3, -0.25) is 4.79 Å². The highest BCUT2D eigenvalue weighted by atomic mass is 79.9. The first-order valence-electron chi connectivity index (χ1n) is 6.12. The molecule has 0 aromatic heterocycles. The molecular formula is C13H19BrN2O3S. The standard InChI is InChI=1S/C13H19BrN2O3S/c1-16(9-10-3-5-11(14)6-4-10)13(17)12(15)7-8-20(2,18)19/h3-6,12H,7-9,15H2,1-2H3. The van der Waals surface area contributed by atoms with Gasteiger partial charge >= 0.3 is 0 Å². The summed E-state index contributed by atoms with van der Waals surface area (Å²) in [7, 11) is -1.44. The molecule has 0 heterocycles. The fourth-order valence-electron chi connectivity index (χ4n) is 1.69. The number of likely N-dealkylation sites (N-methyl/N-ethyl adjacent to an activating group) is 1. The predicted molar refractivity (Wildman–Crippen MR) is 82.9 cm³/mol. The average molecular weight is 363 g/mol. The summed E-state index contributed by atoms with van der Waals surface area (Å²) < 4.78 is 23.1. The topological polar surface area (TPSA) is 80.5 Å². The summed E-state index contributed by atoms with van der Waals surface area (Å²) in [6.07, 6.45) is 1.28. The van der Waals surface area contributed by atoms with Gasteiger partial charge in [0.05, 0.1) is 11.8 Å². The maximum Gasteiger partial charge on any atom is 0.239 e. The number of halogens is 1. The van der Waals surface area contributed by atoms with Gasteiger partial charge in [-0.25, -0.2) is 8.42 Å².